The molecule has 6 rings (SSSR count). The number of rotatable bonds is 8. The van der Waals surface area contributed by atoms with Crippen LogP contribution in [-0.2, 0) is 9.59 Å². The molecule has 1 unspecified atom stereocenters. The summed E-state index contributed by atoms with van der Waals surface area (Å²) in [4.78, 5) is 47.0. The van der Waals surface area contributed by atoms with Gasteiger partial charge in [-0.3, -0.25) is 19.3 Å². The van der Waals surface area contributed by atoms with Gasteiger partial charge in [0.05, 0.1) is 24.6 Å². The minimum Gasteiger partial charge on any atom is -0.508 e. The number of nitrogens with one attached hydrogen (secondary N) is 2. The smallest absolute Gasteiger partial charge is 0.270 e. The van der Waals surface area contributed by atoms with Crippen molar-refractivity contribution in [3.63, 3.8) is 0 Å². The van der Waals surface area contributed by atoms with E-state index >= 15 is 0 Å². The summed E-state index contributed by atoms with van der Waals surface area (Å²) in [6.45, 7) is 3.15. The Morgan fingerprint density at radius 2 is 1.89 bits per heavy atom. The Balaban J connectivity index is 1.08. The third-order valence-electron chi connectivity index (χ3n) is 9.02. The average molecular weight is 606 g/mol. The fourth-order valence-corrected chi connectivity index (χ4v) is 6.49. The molecule has 9 nitrogen and oxygen atoms in total. The van der Waals surface area contributed by atoms with Crippen molar-refractivity contribution in [2.75, 3.05) is 26.2 Å². The maximum absolute atomic E-state index is 14.5. The van der Waals surface area contributed by atoms with Gasteiger partial charge in [-0.15, -0.1) is 0 Å². The van der Waals surface area contributed by atoms with Gasteiger partial charge in [-0.25, -0.2) is 13.8 Å². The molecular formula is C33H37F2N5O4. The van der Waals surface area contributed by atoms with Crippen molar-refractivity contribution in [1.29, 1.82) is 0 Å². The minimum atomic E-state index is -1.39. The number of amides is 3. The maximum atomic E-state index is 14.5. The number of phenols is 1. The Bertz CT molecular complexity index is 1580. The van der Waals surface area contributed by atoms with Gasteiger partial charge in [0.1, 0.15) is 29.5 Å². The SMILES string of the molecule is C[C@H](NC(=O)[C@@H]1C[C@@H](F)CN1C(=O)CNC(=O)c1ccc2cc(F)ccc2n1)c1cc(C2CCCN(C3CC3)C2)ccc1O. The van der Waals surface area contributed by atoms with E-state index in [0.717, 1.165) is 36.4 Å². The van der Waals surface area contributed by atoms with E-state index in [9.17, 15) is 28.3 Å². The molecule has 44 heavy (non-hydrogen) atoms. The molecule has 1 aliphatic carbocycles. The van der Waals surface area contributed by atoms with E-state index in [1.54, 1.807) is 19.1 Å². The summed E-state index contributed by atoms with van der Waals surface area (Å²) in [5.74, 6) is -1.75. The lowest BCUT2D eigenvalue weighted by Gasteiger charge is -2.33. The second-order valence-corrected chi connectivity index (χ2v) is 12.2. The number of halogens is 2. The van der Waals surface area contributed by atoms with E-state index in [2.05, 4.69) is 20.5 Å². The fourth-order valence-electron chi connectivity index (χ4n) is 6.49. The molecule has 0 radical (unpaired) electrons. The second kappa shape index (κ2) is 12.5. The topological polar surface area (TPSA) is 115 Å². The van der Waals surface area contributed by atoms with E-state index in [0.29, 0.717) is 28.4 Å². The molecule has 232 valence electrons. The molecule has 3 aromatic rings. The van der Waals surface area contributed by atoms with E-state index < -0.39 is 48.3 Å². The van der Waals surface area contributed by atoms with Crippen molar-refractivity contribution in [2.45, 2.75) is 69.2 Å². The number of carbonyl (C=O) groups is 3. The molecule has 11 heteroatoms. The summed E-state index contributed by atoms with van der Waals surface area (Å²) < 4.78 is 28.0. The summed E-state index contributed by atoms with van der Waals surface area (Å²) in [6, 6.07) is 11.6. The first-order chi connectivity index (χ1) is 21.2. The predicted octanol–water partition coefficient (Wildman–Crippen LogP) is 3.97. The highest BCUT2D eigenvalue weighted by atomic mass is 19.1. The van der Waals surface area contributed by atoms with Crippen LogP contribution in [0.4, 0.5) is 8.78 Å². The molecule has 3 aliphatic rings. The number of phenolic OH excluding ortho intramolecular Hbond substituents is 1. The summed E-state index contributed by atoms with van der Waals surface area (Å²) in [5, 5.41) is 16.5. The molecule has 3 amide bonds. The molecule has 0 bridgehead atoms. The molecule has 3 heterocycles. The zero-order chi connectivity index (χ0) is 31.0. The number of carbonyl (C=O) groups excluding carboxylic acids is 3. The lowest BCUT2D eigenvalue weighted by atomic mass is 9.88. The highest BCUT2D eigenvalue weighted by molar-refractivity contribution is 5.97. The monoisotopic (exact) mass is 605 g/mol. The number of hydrogen-bond acceptors (Lipinski definition) is 6. The Labute approximate surface area is 254 Å². The number of alkyl halides is 1. The van der Waals surface area contributed by atoms with E-state index in [4.69, 9.17) is 0 Å². The van der Waals surface area contributed by atoms with E-state index in [1.807, 2.05) is 12.1 Å². The predicted molar refractivity (Wildman–Crippen MR) is 160 cm³/mol. The summed E-state index contributed by atoms with van der Waals surface area (Å²) >= 11 is 0. The molecule has 1 aromatic heterocycles. The number of aromatic nitrogens is 1. The number of hydrogen-bond donors (Lipinski definition) is 3. The van der Waals surface area contributed by atoms with Gasteiger partial charge in [0.15, 0.2) is 0 Å². The molecule has 0 spiro atoms. The highest BCUT2D eigenvalue weighted by Crippen LogP contribution is 2.36. The van der Waals surface area contributed by atoms with E-state index in [-0.39, 0.29) is 24.4 Å². The van der Waals surface area contributed by atoms with Gasteiger partial charge >= 0.3 is 0 Å². The number of fused-ring (bicyclic) bond motifs is 1. The largest absolute Gasteiger partial charge is 0.508 e. The van der Waals surface area contributed by atoms with Crippen LogP contribution in [0.2, 0.25) is 0 Å². The number of pyridine rings is 1. The zero-order valence-corrected chi connectivity index (χ0v) is 24.6. The van der Waals surface area contributed by atoms with Crippen molar-refractivity contribution < 1.29 is 28.3 Å². The van der Waals surface area contributed by atoms with Crippen LogP contribution in [0, 0.1) is 5.82 Å². The lowest BCUT2D eigenvalue weighted by molar-refractivity contribution is -0.138. The Kier molecular flexibility index (Phi) is 8.48. The van der Waals surface area contributed by atoms with E-state index in [1.165, 1.54) is 37.1 Å². The molecule has 2 aliphatic heterocycles. The third-order valence-corrected chi connectivity index (χ3v) is 9.02. The van der Waals surface area contributed by atoms with Gasteiger partial charge in [-0.05, 0) is 87.0 Å². The molecule has 2 saturated heterocycles. The van der Waals surface area contributed by atoms with Crippen LogP contribution in [0.5, 0.6) is 5.75 Å². The summed E-state index contributed by atoms with van der Waals surface area (Å²) in [7, 11) is 0. The standard InChI is InChI=1S/C33H37F2N5O4/c1-19(26-14-20(5-11-30(26)41)22-3-2-12-39(17-22)25-7-8-25)37-33(44)29-15-24(35)18-40(29)31(42)16-36-32(43)28-9-4-21-13-23(34)6-10-27(21)38-28/h4-6,9-11,13-14,19,22,24-25,29,41H,2-3,7-8,12,15-18H2,1H3,(H,36,43)(H,37,44)/t19-,22?,24+,29-/m0/s1. The average Bonchev–Trinajstić information content (AvgIpc) is 3.80. The first-order valence-corrected chi connectivity index (χ1v) is 15.3. The van der Waals surface area contributed by atoms with Crippen molar-refractivity contribution in [3.05, 3.63) is 71.2 Å². The normalized spacial score (nSPS) is 23.0. The molecule has 1 saturated carbocycles. The van der Waals surface area contributed by atoms with Gasteiger partial charge in [-0.1, -0.05) is 12.1 Å². The summed E-state index contributed by atoms with van der Waals surface area (Å²) in [6.07, 6.45) is 3.16. The minimum absolute atomic E-state index is 0.0420. The van der Waals surface area contributed by atoms with Gasteiger partial charge in [0, 0.05) is 30.0 Å². The zero-order valence-electron chi connectivity index (χ0n) is 24.6. The van der Waals surface area contributed by atoms with Crippen molar-refractivity contribution in [1.82, 2.24) is 25.4 Å². The Morgan fingerprint density at radius 1 is 1.07 bits per heavy atom. The van der Waals surface area contributed by atoms with Crippen LogP contribution in [-0.4, -0.2) is 82.0 Å². The molecule has 3 fully saturated rings. The van der Waals surface area contributed by atoms with Gasteiger partial charge in [-0.2, -0.15) is 0 Å². The maximum Gasteiger partial charge on any atom is 0.270 e. The first-order valence-electron chi connectivity index (χ1n) is 15.3. The Hall–Kier alpha value is -4.12. The quantitative estimate of drug-likeness (QED) is 0.358. The molecular weight excluding hydrogens is 568 g/mol. The number of benzene rings is 2. The van der Waals surface area contributed by atoms with Crippen molar-refractivity contribution >= 4 is 28.6 Å². The fraction of sp³-hybridized carbons (Fsp3) is 0.455. The van der Waals surface area contributed by atoms with Gasteiger partial charge in [0.2, 0.25) is 11.8 Å². The highest BCUT2D eigenvalue weighted by Gasteiger charge is 2.40. The van der Waals surface area contributed by atoms with Crippen LogP contribution >= 0.6 is 0 Å². The number of likely N-dealkylation sites (tertiary alicyclic amines) is 2. The van der Waals surface area contributed by atoms with Crippen LogP contribution in [0.15, 0.2) is 48.5 Å². The van der Waals surface area contributed by atoms with Crippen LogP contribution in [0.25, 0.3) is 10.9 Å². The lowest BCUT2D eigenvalue weighted by Crippen LogP contribution is -2.49. The molecule has 4 atom stereocenters. The molecule has 2 aromatic carbocycles. The first kappa shape index (κ1) is 29.9. The van der Waals surface area contributed by atoms with Gasteiger partial charge in [0.25, 0.3) is 5.91 Å². The van der Waals surface area contributed by atoms with Crippen LogP contribution < -0.4 is 10.6 Å². The van der Waals surface area contributed by atoms with Crippen LogP contribution in [0.3, 0.4) is 0 Å². The number of nitrogens with zero attached hydrogens (tertiary/aromatic N) is 3. The second-order valence-electron chi connectivity index (χ2n) is 12.2. The number of aromatic hydroxyl groups is 1. The van der Waals surface area contributed by atoms with Crippen molar-refractivity contribution in [2.24, 2.45) is 0 Å². The van der Waals surface area contributed by atoms with Crippen molar-refractivity contribution in [3.8, 4) is 5.75 Å². The molecule has 3 N–H and O–H groups in total. The van der Waals surface area contributed by atoms with Gasteiger partial charge < -0.3 is 20.6 Å². The number of piperidine rings is 1. The third kappa shape index (κ3) is 6.52. The Morgan fingerprint density at radius 3 is 2.68 bits per heavy atom. The summed E-state index contributed by atoms with van der Waals surface area (Å²) in [5.41, 5.74) is 2.16. The van der Waals surface area contributed by atoms with Crippen LogP contribution in [0.1, 0.15) is 72.6 Å².